The topological polar surface area (TPSA) is 60.3 Å². The number of carbonyl (C=O) groups excluding carboxylic acids is 1. The van der Waals surface area contributed by atoms with Crippen LogP contribution in [-0.2, 0) is 11.3 Å². The Labute approximate surface area is 153 Å². The van der Waals surface area contributed by atoms with Crippen molar-refractivity contribution in [1.29, 1.82) is 0 Å². The van der Waals surface area contributed by atoms with Gasteiger partial charge in [-0.3, -0.25) is 9.59 Å². The Morgan fingerprint density at radius 1 is 1.16 bits per heavy atom. The molecule has 1 N–H and O–H groups in total. The lowest BCUT2D eigenvalue weighted by molar-refractivity contribution is -0.116. The summed E-state index contributed by atoms with van der Waals surface area (Å²) in [5, 5.41) is 3.43. The van der Waals surface area contributed by atoms with E-state index in [9.17, 15) is 9.59 Å². The molecule has 1 amide bonds. The van der Waals surface area contributed by atoms with Gasteiger partial charge in [0, 0.05) is 27.8 Å². The Hall–Kier alpha value is -2.60. The number of hydrogen-bond donors (Lipinski definition) is 1. The summed E-state index contributed by atoms with van der Waals surface area (Å²) in [5.74, 6) is 0.589. The van der Waals surface area contributed by atoms with E-state index in [4.69, 9.17) is 4.74 Å². The third-order valence-electron chi connectivity index (χ3n) is 3.70. The zero-order valence-corrected chi connectivity index (χ0v) is 15.2. The van der Waals surface area contributed by atoms with Crippen LogP contribution >= 0.6 is 15.9 Å². The van der Waals surface area contributed by atoms with Crippen LogP contribution in [0.25, 0.3) is 10.9 Å². The Balaban J connectivity index is 1.79. The molecule has 0 unspecified atom stereocenters. The third-order valence-corrected chi connectivity index (χ3v) is 4.20. The average Bonchev–Trinajstić information content (AvgIpc) is 2.59. The van der Waals surface area contributed by atoms with Gasteiger partial charge in [0.2, 0.25) is 5.91 Å². The number of carbonyl (C=O) groups is 1. The van der Waals surface area contributed by atoms with Crippen LogP contribution < -0.4 is 15.5 Å². The average molecular weight is 401 g/mol. The summed E-state index contributed by atoms with van der Waals surface area (Å²) in [4.78, 5) is 24.3. The van der Waals surface area contributed by atoms with E-state index in [0.29, 0.717) is 23.2 Å². The first kappa shape index (κ1) is 17.2. The van der Waals surface area contributed by atoms with Crippen molar-refractivity contribution in [2.45, 2.75) is 13.5 Å². The Kier molecular flexibility index (Phi) is 5.19. The van der Waals surface area contributed by atoms with Crippen LogP contribution in [0.3, 0.4) is 0 Å². The quantitative estimate of drug-likeness (QED) is 0.708. The smallest absolute Gasteiger partial charge is 0.244 e. The molecule has 6 heteroatoms. The molecule has 2 aromatic carbocycles. The highest BCUT2D eigenvalue weighted by Crippen LogP contribution is 2.18. The van der Waals surface area contributed by atoms with Crippen molar-refractivity contribution >= 4 is 38.4 Å². The number of benzene rings is 2. The lowest BCUT2D eigenvalue weighted by atomic mass is 10.2. The molecule has 3 rings (SSSR count). The summed E-state index contributed by atoms with van der Waals surface area (Å²) < 4.78 is 7.99. The number of amides is 1. The summed E-state index contributed by atoms with van der Waals surface area (Å²) >= 11 is 3.40. The van der Waals surface area contributed by atoms with Gasteiger partial charge >= 0.3 is 0 Å². The maximum atomic E-state index is 12.4. The number of anilines is 1. The number of rotatable bonds is 5. The van der Waals surface area contributed by atoms with Crippen molar-refractivity contribution in [2.75, 3.05) is 11.9 Å². The zero-order valence-electron chi connectivity index (χ0n) is 13.7. The summed E-state index contributed by atoms with van der Waals surface area (Å²) in [7, 11) is 0. The molecule has 1 aromatic heterocycles. The van der Waals surface area contributed by atoms with E-state index in [-0.39, 0.29) is 17.9 Å². The predicted molar refractivity (Wildman–Crippen MR) is 102 cm³/mol. The van der Waals surface area contributed by atoms with Crippen LogP contribution in [0, 0.1) is 0 Å². The number of hydrogen-bond acceptors (Lipinski definition) is 3. The molecule has 0 saturated carbocycles. The molecule has 25 heavy (non-hydrogen) atoms. The molecule has 0 saturated heterocycles. The van der Waals surface area contributed by atoms with Crippen LogP contribution in [-0.4, -0.2) is 17.1 Å². The molecule has 0 aliphatic heterocycles. The standard InChI is InChI=1S/C19H17BrN2O3/c1-2-25-15-6-4-14(5-7-15)21-19(24)12-22-10-9-18(23)16-8-3-13(20)11-17(16)22/h3-11H,2,12H2,1H3,(H,21,24). The number of fused-ring (bicyclic) bond motifs is 1. The van der Waals surface area contributed by atoms with E-state index in [1.807, 2.05) is 31.2 Å². The zero-order chi connectivity index (χ0) is 17.8. The van der Waals surface area contributed by atoms with Crippen molar-refractivity contribution in [3.05, 3.63) is 69.4 Å². The largest absolute Gasteiger partial charge is 0.494 e. The number of halogens is 1. The Bertz CT molecular complexity index is 965. The summed E-state index contributed by atoms with van der Waals surface area (Å²) in [6.45, 7) is 2.63. The van der Waals surface area contributed by atoms with Crippen LogP contribution in [0.1, 0.15) is 6.92 Å². The number of aromatic nitrogens is 1. The molecule has 0 bridgehead atoms. The normalized spacial score (nSPS) is 10.6. The van der Waals surface area contributed by atoms with Gasteiger partial charge in [-0.15, -0.1) is 0 Å². The van der Waals surface area contributed by atoms with Crippen LogP contribution in [0.4, 0.5) is 5.69 Å². The van der Waals surface area contributed by atoms with Gasteiger partial charge in [-0.25, -0.2) is 0 Å². The second-order valence-electron chi connectivity index (χ2n) is 5.47. The highest BCUT2D eigenvalue weighted by molar-refractivity contribution is 9.10. The minimum absolute atomic E-state index is 0.0642. The fraction of sp³-hybridized carbons (Fsp3) is 0.158. The lowest BCUT2D eigenvalue weighted by Gasteiger charge is -2.12. The molecule has 0 fully saturated rings. The predicted octanol–water partition coefficient (Wildman–Crippen LogP) is 3.80. The summed E-state index contributed by atoms with van der Waals surface area (Å²) in [6, 6.07) is 14.1. The van der Waals surface area contributed by atoms with Gasteiger partial charge in [0.05, 0.1) is 12.1 Å². The first-order valence-corrected chi connectivity index (χ1v) is 8.67. The van der Waals surface area contributed by atoms with Crippen LogP contribution in [0.15, 0.2) is 64.0 Å². The fourth-order valence-electron chi connectivity index (χ4n) is 2.57. The van der Waals surface area contributed by atoms with E-state index in [2.05, 4.69) is 21.2 Å². The highest BCUT2D eigenvalue weighted by Gasteiger charge is 2.08. The van der Waals surface area contributed by atoms with Crippen molar-refractivity contribution in [1.82, 2.24) is 4.57 Å². The van der Waals surface area contributed by atoms with Crippen molar-refractivity contribution < 1.29 is 9.53 Å². The molecule has 0 aliphatic rings. The monoisotopic (exact) mass is 400 g/mol. The second-order valence-corrected chi connectivity index (χ2v) is 6.39. The van der Waals surface area contributed by atoms with E-state index < -0.39 is 0 Å². The van der Waals surface area contributed by atoms with E-state index >= 15 is 0 Å². The maximum Gasteiger partial charge on any atom is 0.244 e. The molecular weight excluding hydrogens is 384 g/mol. The van der Waals surface area contributed by atoms with Crippen LogP contribution in [0.5, 0.6) is 5.75 Å². The summed E-state index contributed by atoms with van der Waals surface area (Å²) in [6.07, 6.45) is 1.63. The van der Waals surface area contributed by atoms with Crippen LogP contribution in [0.2, 0.25) is 0 Å². The fourth-order valence-corrected chi connectivity index (χ4v) is 2.92. The second kappa shape index (κ2) is 7.53. The van der Waals surface area contributed by atoms with Crippen molar-refractivity contribution in [3.63, 3.8) is 0 Å². The maximum absolute atomic E-state index is 12.4. The minimum Gasteiger partial charge on any atom is -0.494 e. The third kappa shape index (κ3) is 4.09. The molecule has 0 spiro atoms. The van der Waals surface area contributed by atoms with Crippen molar-refractivity contribution in [3.8, 4) is 5.75 Å². The van der Waals surface area contributed by atoms with E-state index in [1.165, 1.54) is 6.07 Å². The van der Waals surface area contributed by atoms with Gasteiger partial charge in [0.25, 0.3) is 0 Å². The van der Waals surface area contributed by atoms with Gasteiger partial charge < -0.3 is 14.6 Å². The molecule has 128 valence electrons. The molecule has 0 atom stereocenters. The lowest BCUT2D eigenvalue weighted by Crippen LogP contribution is -2.20. The summed E-state index contributed by atoms with van der Waals surface area (Å²) in [5.41, 5.74) is 1.34. The molecule has 0 radical (unpaired) electrons. The molecule has 1 heterocycles. The van der Waals surface area contributed by atoms with E-state index in [0.717, 1.165) is 10.2 Å². The molecule has 3 aromatic rings. The Morgan fingerprint density at radius 3 is 2.64 bits per heavy atom. The van der Waals surface area contributed by atoms with E-state index in [1.54, 1.807) is 29.0 Å². The number of pyridine rings is 1. The van der Waals surface area contributed by atoms with Crippen molar-refractivity contribution in [2.24, 2.45) is 0 Å². The highest BCUT2D eigenvalue weighted by atomic mass is 79.9. The SMILES string of the molecule is CCOc1ccc(NC(=O)Cn2ccc(=O)c3ccc(Br)cc32)cc1. The first-order chi connectivity index (χ1) is 12.1. The van der Waals surface area contributed by atoms with Gasteiger partial charge in [-0.1, -0.05) is 15.9 Å². The van der Waals surface area contributed by atoms with Gasteiger partial charge in [-0.05, 0) is 49.4 Å². The number of ether oxygens (including phenoxy) is 1. The number of nitrogens with zero attached hydrogens (tertiary/aromatic N) is 1. The molecule has 5 nitrogen and oxygen atoms in total. The van der Waals surface area contributed by atoms with Gasteiger partial charge in [0.15, 0.2) is 5.43 Å². The molecule has 0 aliphatic carbocycles. The Morgan fingerprint density at radius 2 is 1.92 bits per heavy atom. The first-order valence-electron chi connectivity index (χ1n) is 7.88. The van der Waals surface area contributed by atoms with Gasteiger partial charge in [0.1, 0.15) is 12.3 Å². The molecular formula is C19H17BrN2O3. The minimum atomic E-state index is -0.172. The van der Waals surface area contributed by atoms with Gasteiger partial charge in [-0.2, -0.15) is 0 Å². The number of nitrogens with one attached hydrogen (secondary N) is 1.